The summed E-state index contributed by atoms with van der Waals surface area (Å²) >= 11 is 0. The lowest BCUT2D eigenvalue weighted by Crippen LogP contribution is -2.16. The molecule has 1 aromatic carbocycles. The number of esters is 1. The van der Waals surface area contributed by atoms with Gasteiger partial charge < -0.3 is 29.2 Å². The molecule has 0 saturated heterocycles. The largest absolute Gasteiger partial charge is 0.489 e. The van der Waals surface area contributed by atoms with Gasteiger partial charge in [0.2, 0.25) is 11.7 Å². The maximum Gasteiger partial charge on any atom is 0.347 e. The minimum atomic E-state index is -0.770. The third-order valence-corrected chi connectivity index (χ3v) is 5.07. The van der Waals surface area contributed by atoms with Gasteiger partial charge in [0.1, 0.15) is 18.0 Å². The number of pyridine rings is 1. The number of aromatic amines is 1. The predicted molar refractivity (Wildman–Crippen MR) is 126 cm³/mol. The fraction of sp³-hybridized carbons (Fsp3) is 0.240. The molecule has 3 aromatic rings. The Balaban J connectivity index is 1.68. The third-order valence-electron chi connectivity index (χ3n) is 5.07. The van der Waals surface area contributed by atoms with Crippen molar-refractivity contribution in [2.45, 2.75) is 13.8 Å². The number of hydrogen-bond acceptors (Lipinski definition) is 8. The zero-order valence-corrected chi connectivity index (χ0v) is 19.1. The number of anilines is 1. The van der Waals surface area contributed by atoms with E-state index in [1.807, 2.05) is 25.1 Å². The Morgan fingerprint density at radius 2 is 2.12 bits per heavy atom. The van der Waals surface area contributed by atoms with Crippen molar-refractivity contribution in [3.05, 3.63) is 71.1 Å². The number of methoxy groups -OCH3 is 1. The molecule has 0 fully saturated rings. The average molecular weight is 463 g/mol. The molecule has 0 saturated carbocycles. The van der Waals surface area contributed by atoms with Crippen LogP contribution >= 0.6 is 0 Å². The van der Waals surface area contributed by atoms with Crippen molar-refractivity contribution in [2.75, 3.05) is 32.2 Å². The van der Waals surface area contributed by atoms with Crippen LogP contribution in [0.25, 0.3) is 17.1 Å². The number of ether oxygens (including phenoxy) is 4. The lowest BCUT2D eigenvalue weighted by Gasteiger charge is -2.15. The molecule has 9 nitrogen and oxygen atoms in total. The molecule has 3 heterocycles. The third kappa shape index (κ3) is 4.79. The molecule has 0 atom stereocenters. The number of fused-ring (bicyclic) bond motifs is 1. The van der Waals surface area contributed by atoms with Crippen LogP contribution in [-0.2, 0) is 23.8 Å². The van der Waals surface area contributed by atoms with Gasteiger partial charge in [-0.15, -0.1) is 0 Å². The highest BCUT2D eigenvalue weighted by Gasteiger charge is 2.37. The van der Waals surface area contributed by atoms with E-state index in [1.165, 1.54) is 0 Å². The molecule has 0 radical (unpaired) electrons. The number of hydrogen-bond donors (Lipinski definition) is 2. The minimum Gasteiger partial charge on any atom is -0.489 e. The highest BCUT2D eigenvalue weighted by atomic mass is 16.5. The van der Waals surface area contributed by atoms with Crippen molar-refractivity contribution in [1.29, 1.82) is 0 Å². The number of rotatable bonds is 9. The van der Waals surface area contributed by atoms with Gasteiger partial charge in [-0.1, -0.05) is 6.07 Å². The fourth-order valence-corrected chi connectivity index (χ4v) is 3.45. The summed E-state index contributed by atoms with van der Waals surface area (Å²) in [7, 11) is 1.59. The molecule has 4 rings (SSSR count). The van der Waals surface area contributed by atoms with Crippen molar-refractivity contribution in [2.24, 2.45) is 0 Å². The number of aryl methyl sites for hydroxylation is 1. The first kappa shape index (κ1) is 23.1. The van der Waals surface area contributed by atoms with E-state index in [4.69, 9.17) is 18.9 Å². The van der Waals surface area contributed by atoms with Crippen molar-refractivity contribution >= 4 is 34.5 Å². The van der Waals surface area contributed by atoms with Crippen LogP contribution < -0.4 is 10.1 Å². The van der Waals surface area contributed by atoms with Crippen molar-refractivity contribution in [3.63, 3.8) is 0 Å². The fourth-order valence-electron chi connectivity index (χ4n) is 3.45. The number of benzene rings is 1. The maximum atomic E-state index is 13.2. The maximum absolute atomic E-state index is 13.2. The van der Waals surface area contributed by atoms with Crippen molar-refractivity contribution < 1.29 is 28.5 Å². The smallest absolute Gasteiger partial charge is 0.347 e. The van der Waals surface area contributed by atoms with Gasteiger partial charge in [0.05, 0.1) is 18.9 Å². The van der Waals surface area contributed by atoms with Gasteiger partial charge in [0.15, 0.2) is 11.3 Å². The van der Waals surface area contributed by atoms with Crippen LogP contribution in [0.15, 0.2) is 59.9 Å². The molecule has 0 aliphatic carbocycles. The van der Waals surface area contributed by atoms with Crippen LogP contribution in [0.5, 0.6) is 5.75 Å². The van der Waals surface area contributed by atoms with Gasteiger partial charge in [-0.3, -0.25) is 4.79 Å². The topological polar surface area (TPSA) is 112 Å². The van der Waals surface area contributed by atoms with E-state index in [1.54, 1.807) is 44.6 Å². The molecule has 9 heteroatoms. The number of nitrogens with zero attached hydrogens (tertiary/aromatic N) is 1. The molecular weight excluding hydrogens is 438 g/mol. The second kappa shape index (κ2) is 10.2. The first-order valence-electron chi connectivity index (χ1n) is 10.8. The summed E-state index contributed by atoms with van der Waals surface area (Å²) in [6, 6.07) is 9.18. The highest BCUT2D eigenvalue weighted by Crippen LogP contribution is 2.33. The van der Waals surface area contributed by atoms with E-state index in [2.05, 4.69) is 15.3 Å². The quantitative estimate of drug-likeness (QED) is 0.214. The molecule has 0 bridgehead atoms. The molecule has 2 aromatic heterocycles. The molecule has 176 valence electrons. The zero-order chi connectivity index (χ0) is 24.1. The molecule has 0 amide bonds. The first-order valence-corrected chi connectivity index (χ1v) is 10.8. The molecular formula is C25H25N3O6. The average Bonchev–Trinajstić information content (AvgIpc) is 3.37. The van der Waals surface area contributed by atoms with Crippen LogP contribution in [0.2, 0.25) is 0 Å². The summed E-state index contributed by atoms with van der Waals surface area (Å²) in [4.78, 5) is 33.1. The van der Waals surface area contributed by atoms with Gasteiger partial charge >= 0.3 is 5.97 Å². The van der Waals surface area contributed by atoms with Gasteiger partial charge in [0, 0.05) is 30.5 Å². The molecule has 34 heavy (non-hydrogen) atoms. The van der Waals surface area contributed by atoms with E-state index >= 15 is 0 Å². The van der Waals surface area contributed by atoms with Gasteiger partial charge in [0.25, 0.3) is 0 Å². The number of nitrogens with one attached hydrogen (secondary N) is 2. The summed E-state index contributed by atoms with van der Waals surface area (Å²) in [5.41, 5.74) is 2.68. The molecule has 1 aliphatic heterocycles. The van der Waals surface area contributed by atoms with Crippen LogP contribution in [0, 0.1) is 6.92 Å². The molecule has 1 aliphatic rings. The normalized spacial score (nSPS) is 14.6. The van der Waals surface area contributed by atoms with E-state index in [9.17, 15) is 9.59 Å². The molecule has 2 N–H and O–H groups in total. The number of carbonyl (C=O) groups excluding carboxylic acids is 2. The van der Waals surface area contributed by atoms with E-state index in [0.29, 0.717) is 35.9 Å². The van der Waals surface area contributed by atoms with Crippen LogP contribution in [0.3, 0.4) is 0 Å². The van der Waals surface area contributed by atoms with Crippen molar-refractivity contribution in [1.82, 2.24) is 9.97 Å². The number of Topliss-reactive ketones (excluding diaryl/α,β-unsaturated/α-hetero) is 1. The second-order valence-corrected chi connectivity index (χ2v) is 7.47. The van der Waals surface area contributed by atoms with Gasteiger partial charge in [-0.25, -0.2) is 9.78 Å². The van der Waals surface area contributed by atoms with Gasteiger partial charge in [-0.05, 0) is 49.8 Å². The number of allylic oxidation sites excluding steroid dienone is 1. The Bertz CT molecular complexity index is 1290. The number of carbonyl (C=O) groups is 2. The number of H-pyrrole nitrogens is 1. The second-order valence-electron chi connectivity index (χ2n) is 7.47. The summed E-state index contributed by atoms with van der Waals surface area (Å²) in [6.45, 7) is 4.46. The van der Waals surface area contributed by atoms with Crippen molar-refractivity contribution in [3.8, 4) is 5.75 Å². The summed E-state index contributed by atoms with van der Waals surface area (Å²) in [5, 5.41) is 3.86. The summed E-state index contributed by atoms with van der Waals surface area (Å²) in [6.07, 6.45) is 4.96. The Morgan fingerprint density at radius 3 is 2.91 bits per heavy atom. The first-order chi connectivity index (χ1) is 16.5. The lowest BCUT2D eigenvalue weighted by atomic mass is 10.1. The lowest BCUT2D eigenvalue weighted by molar-refractivity contribution is -0.139. The number of aromatic nitrogens is 2. The standard InChI is InChI=1S/C25H25N3O6/c1-4-32-25(30)21-22(29)20(13-16-14-27-23-17(16)6-5-9-26-23)34-24(21)28-18-8-7-15(2)12-19(18)33-11-10-31-3/h5-9,12-14,28H,4,10-11H2,1-3H3,(H,26,27)/b20-13-. The predicted octanol–water partition coefficient (Wildman–Crippen LogP) is 3.72. The number of ketones is 1. The van der Waals surface area contributed by atoms with E-state index in [0.717, 1.165) is 10.9 Å². The monoisotopic (exact) mass is 463 g/mol. The zero-order valence-electron chi connectivity index (χ0n) is 19.1. The highest BCUT2D eigenvalue weighted by molar-refractivity contribution is 6.26. The Kier molecular flexibility index (Phi) is 6.93. The van der Waals surface area contributed by atoms with Crippen LogP contribution in [0.4, 0.5) is 5.69 Å². The summed E-state index contributed by atoms with van der Waals surface area (Å²) < 4.78 is 21.8. The SMILES string of the molecule is CCOC(=O)C1=C(Nc2ccc(C)cc2OCCOC)O/C(=C\c2c[nH]c3ncccc23)C1=O. The van der Waals surface area contributed by atoms with E-state index < -0.39 is 11.8 Å². The summed E-state index contributed by atoms with van der Waals surface area (Å²) in [5.74, 6) is -0.845. The minimum absolute atomic E-state index is 0.00994. The van der Waals surface area contributed by atoms with Gasteiger partial charge in [-0.2, -0.15) is 0 Å². The van der Waals surface area contributed by atoms with Crippen LogP contribution in [0.1, 0.15) is 18.1 Å². The molecule has 0 unspecified atom stereocenters. The Hall–Kier alpha value is -4.11. The Morgan fingerprint density at radius 1 is 1.26 bits per heavy atom. The van der Waals surface area contributed by atoms with Crippen LogP contribution in [-0.4, -0.2) is 48.7 Å². The molecule has 0 spiro atoms. The Labute approximate surface area is 196 Å². The van der Waals surface area contributed by atoms with E-state index in [-0.39, 0.29) is 23.8 Å².